The molecule has 184 valence electrons. The molecule has 0 saturated carbocycles. The minimum Gasteiger partial charge on any atom is -0.493 e. The standard InChI is InChI=1S/C26H26ClFN2O5/c1-26(33,24-6-4-5-20(30-24)16-7-9-19(28)18(27)13-16)12-11-21(31)17-8-10-22(23(14-17)34-3)35-15-25(32)29-2/h4-10,13-14,33H,11-12,15H2,1-3H3,(H,29,32). The van der Waals surface area contributed by atoms with Gasteiger partial charge in [0.1, 0.15) is 11.4 Å². The van der Waals surface area contributed by atoms with Gasteiger partial charge in [-0.15, -0.1) is 0 Å². The number of carbonyl (C=O) groups excluding carboxylic acids is 2. The molecule has 7 nitrogen and oxygen atoms in total. The molecule has 0 aliphatic rings. The lowest BCUT2D eigenvalue weighted by molar-refractivity contribution is -0.122. The normalized spacial score (nSPS) is 12.5. The van der Waals surface area contributed by atoms with E-state index in [-0.39, 0.29) is 36.2 Å². The molecular weight excluding hydrogens is 475 g/mol. The van der Waals surface area contributed by atoms with Gasteiger partial charge in [-0.1, -0.05) is 17.7 Å². The van der Waals surface area contributed by atoms with Crippen LogP contribution in [-0.4, -0.2) is 42.5 Å². The number of nitrogens with zero attached hydrogens (tertiary/aromatic N) is 1. The van der Waals surface area contributed by atoms with Crippen molar-refractivity contribution in [2.24, 2.45) is 0 Å². The SMILES string of the molecule is CNC(=O)COc1ccc(C(=O)CCC(C)(O)c2cccc(-c3ccc(F)c(Cl)c3)n2)cc1OC. The molecule has 2 N–H and O–H groups in total. The molecule has 0 aliphatic carbocycles. The number of aliphatic hydroxyl groups is 1. The summed E-state index contributed by atoms with van der Waals surface area (Å²) >= 11 is 5.88. The van der Waals surface area contributed by atoms with Gasteiger partial charge in [0.25, 0.3) is 5.91 Å². The minimum absolute atomic E-state index is 0.0208. The van der Waals surface area contributed by atoms with E-state index in [2.05, 4.69) is 10.3 Å². The summed E-state index contributed by atoms with van der Waals surface area (Å²) in [6.45, 7) is 1.40. The Morgan fingerprint density at radius 2 is 1.91 bits per heavy atom. The van der Waals surface area contributed by atoms with E-state index >= 15 is 0 Å². The third-order valence-electron chi connectivity index (χ3n) is 5.48. The molecule has 0 radical (unpaired) electrons. The number of aromatic nitrogens is 1. The molecule has 9 heteroatoms. The molecule has 0 saturated heterocycles. The number of halogens is 2. The second kappa shape index (κ2) is 11.3. The summed E-state index contributed by atoms with van der Waals surface area (Å²) in [5, 5.41) is 13.5. The first kappa shape index (κ1) is 26.1. The predicted molar refractivity (Wildman–Crippen MR) is 130 cm³/mol. The summed E-state index contributed by atoms with van der Waals surface area (Å²) in [7, 11) is 2.94. The van der Waals surface area contributed by atoms with Gasteiger partial charge in [0.2, 0.25) is 0 Å². The molecule has 0 aliphatic heterocycles. The zero-order valence-electron chi connectivity index (χ0n) is 19.6. The molecular formula is C26H26ClFN2O5. The van der Waals surface area contributed by atoms with Crippen molar-refractivity contribution in [2.45, 2.75) is 25.4 Å². The molecule has 0 fully saturated rings. The second-order valence-electron chi connectivity index (χ2n) is 8.06. The van der Waals surface area contributed by atoms with Crippen molar-refractivity contribution in [1.29, 1.82) is 0 Å². The highest BCUT2D eigenvalue weighted by Crippen LogP contribution is 2.31. The van der Waals surface area contributed by atoms with Crippen LogP contribution >= 0.6 is 11.6 Å². The number of nitrogens with one attached hydrogen (secondary N) is 1. The quantitative estimate of drug-likeness (QED) is 0.396. The van der Waals surface area contributed by atoms with Crippen molar-refractivity contribution >= 4 is 23.3 Å². The summed E-state index contributed by atoms with van der Waals surface area (Å²) < 4.78 is 24.2. The number of pyridine rings is 1. The fraction of sp³-hybridized carbons (Fsp3) is 0.269. The Morgan fingerprint density at radius 1 is 1.14 bits per heavy atom. The Hall–Kier alpha value is -3.49. The first-order valence-electron chi connectivity index (χ1n) is 10.8. The van der Waals surface area contributed by atoms with E-state index < -0.39 is 11.4 Å². The molecule has 1 heterocycles. The van der Waals surface area contributed by atoms with Crippen molar-refractivity contribution in [1.82, 2.24) is 10.3 Å². The average molecular weight is 501 g/mol. The Labute approximate surface area is 207 Å². The molecule has 2 aromatic carbocycles. The number of likely N-dealkylation sites (N-methyl/N-ethyl adjacent to an activating group) is 1. The lowest BCUT2D eigenvalue weighted by Gasteiger charge is -2.23. The van der Waals surface area contributed by atoms with Crippen molar-refractivity contribution in [3.8, 4) is 22.8 Å². The molecule has 0 spiro atoms. The number of methoxy groups -OCH3 is 1. The van der Waals surface area contributed by atoms with E-state index in [9.17, 15) is 19.1 Å². The van der Waals surface area contributed by atoms with E-state index in [1.54, 1.807) is 43.3 Å². The van der Waals surface area contributed by atoms with Crippen LogP contribution in [0.5, 0.6) is 11.5 Å². The molecule has 3 aromatic rings. The topological polar surface area (TPSA) is 97.8 Å². The van der Waals surface area contributed by atoms with Crippen molar-refractivity contribution < 1.29 is 28.6 Å². The summed E-state index contributed by atoms with van der Waals surface area (Å²) in [5.74, 6) is -0.377. The van der Waals surface area contributed by atoms with Crippen LogP contribution in [0.1, 0.15) is 35.8 Å². The van der Waals surface area contributed by atoms with Gasteiger partial charge in [-0.3, -0.25) is 9.59 Å². The van der Waals surface area contributed by atoms with Crippen LogP contribution in [0.25, 0.3) is 11.3 Å². The van der Waals surface area contributed by atoms with Crippen LogP contribution in [-0.2, 0) is 10.4 Å². The molecule has 3 rings (SSSR count). The Bertz CT molecular complexity index is 1230. The minimum atomic E-state index is -1.39. The van der Waals surface area contributed by atoms with Crippen LogP contribution in [0.4, 0.5) is 4.39 Å². The van der Waals surface area contributed by atoms with Crippen LogP contribution in [0.2, 0.25) is 5.02 Å². The van der Waals surface area contributed by atoms with Gasteiger partial charge in [-0.25, -0.2) is 9.37 Å². The number of hydrogen-bond donors (Lipinski definition) is 2. The summed E-state index contributed by atoms with van der Waals surface area (Å²) in [4.78, 5) is 28.7. The summed E-state index contributed by atoms with van der Waals surface area (Å²) in [6, 6.07) is 14.1. The molecule has 1 unspecified atom stereocenters. The van der Waals surface area contributed by atoms with Gasteiger partial charge in [0, 0.05) is 24.6 Å². The second-order valence-corrected chi connectivity index (χ2v) is 8.47. The highest BCUT2D eigenvalue weighted by Gasteiger charge is 2.26. The summed E-state index contributed by atoms with van der Waals surface area (Å²) in [5.41, 5.74) is 0.492. The van der Waals surface area contributed by atoms with Crippen LogP contribution in [0.15, 0.2) is 54.6 Å². The van der Waals surface area contributed by atoms with Crippen molar-refractivity contribution in [3.05, 3.63) is 76.7 Å². The number of ketones is 1. The third-order valence-corrected chi connectivity index (χ3v) is 5.77. The van der Waals surface area contributed by atoms with E-state index in [1.165, 1.54) is 32.4 Å². The van der Waals surface area contributed by atoms with Gasteiger partial charge >= 0.3 is 0 Å². The number of carbonyl (C=O) groups is 2. The number of benzene rings is 2. The van der Waals surface area contributed by atoms with Gasteiger partial charge in [0.05, 0.1) is 23.5 Å². The maximum Gasteiger partial charge on any atom is 0.257 e. The maximum atomic E-state index is 13.5. The van der Waals surface area contributed by atoms with E-state index in [4.69, 9.17) is 21.1 Å². The van der Waals surface area contributed by atoms with Gasteiger partial charge in [-0.2, -0.15) is 0 Å². The van der Waals surface area contributed by atoms with Crippen molar-refractivity contribution in [2.75, 3.05) is 20.8 Å². The molecule has 0 bridgehead atoms. The fourth-order valence-corrected chi connectivity index (χ4v) is 3.54. The zero-order valence-corrected chi connectivity index (χ0v) is 20.4. The van der Waals surface area contributed by atoms with Crippen molar-refractivity contribution in [3.63, 3.8) is 0 Å². The molecule has 1 amide bonds. The number of ether oxygens (including phenoxy) is 2. The van der Waals surface area contributed by atoms with Crippen LogP contribution in [0, 0.1) is 5.82 Å². The van der Waals surface area contributed by atoms with E-state index in [0.29, 0.717) is 34.0 Å². The molecule has 1 aromatic heterocycles. The zero-order chi connectivity index (χ0) is 25.6. The Kier molecular flexibility index (Phi) is 8.43. The lowest BCUT2D eigenvalue weighted by atomic mass is 9.92. The Balaban J connectivity index is 1.71. The highest BCUT2D eigenvalue weighted by molar-refractivity contribution is 6.31. The van der Waals surface area contributed by atoms with Gasteiger partial charge < -0.3 is 19.9 Å². The lowest BCUT2D eigenvalue weighted by Crippen LogP contribution is -2.25. The fourth-order valence-electron chi connectivity index (χ4n) is 3.36. The number of hydrogen-bond acceptors (Lipinski definition) is 6. The molecule has 35 heavy (non-hydrogen) atoms. The first-order chi connectivity index (χ1) is 16.6. The third kappa shape index (κ3) is 6.55. The number of amides is 1. The van der Waals surface area contributed by atoms with Crippen LogP contribution < -0.4 is 14.8 Å². The number of rotatable bonds is 10. The average Bonchev–Trinajstić information content (AvgIpc) is 2.87. The van der Waals surface area contributed by atoms with Crippen LogP contribution in [0.3, 0.4) is 0 Å². The van der Waals surface area contributed by atoms with Gasteiger partial charge in [-0.05, 0) is 61.9 Å². The number of Topliss-reactive ketones (excluding diaryl/α,β-unsaturated/α-hetero) is 1. The molecule has 1 atom stereocenters. The maximum absolute atomic E-state index is 13.5. The van der Waals surface area contributed by atoms with E-state index in [0.717, 1.165) is 0 Å². The predicted octanol–water partition coefficient (Wildman–Crippen LogP) is 4.55. The first-order valence-corrected chi connectivity index (χ1v) is 11.2. The monoisotopic (exact) mass is 500 g/mol. The smallest absolute Gasteiger partial charge is 0.257 e. The Morgan fingerprint density at radius 3 is 2.60 bits per heavy atom. The summed E-state index contributed by atoms with van der Waals surface area (Å²) in [6.07, 6.45) is 0.159. The highest BCUT2D eigenvalue weighted by atomic mass is 35.5. The largest absolute Gasteiger partial charge is 0.493 e. The van der Waals surface area contributed by atoms with E-state index in [1.807, 2.05) is 0 Å². The van der Waals surface area contributed by atoms with Gasteiger partial charge in [0.15, 0.2) is 23.9 Å².